The van der Waals surface area contributed by atoms with Crippen molar-refractivity contribution in [2.24, 2.45) is 0 Å². The van der Waals surface area contributed by atoms with Gasteiger partial charge in [0.25, 0.3) is 0 Å². The van der Waals surface area contributed by atoms with Gasteiger partial charge in [0.2, 0.25) is 0 Å². The summed E-state index contributed by atoms with van der Waals surface area (Å²) >= 11 is 0. The van der Waals surface area contributed by atoms with E-state index in [-0.39, 0.29) is 12.2 Å². The second-order valence-corrected chi connectivity index (χ2v) is 6.86. The van der Waals surface area contributed by atoms with E-state index in [0.29, 0.717) is 13.2 Å². The summed E-state index contributed by atoms with van der Waals surface area (Å²) < 4.78 is 28.2. The van der Waals surface area contributed by atoms with Gasteiger partial charge in [-0.2, -0.15) is 0 Å². The molecule has 2 aliphatic rings. The van der Waals surface area contributed by atoms with Crippen LogP contribution in [0, 0.1) is 13.8 Å². The molecular weight excluding hydrogens is 320 g/mol. The highest BCUT2D eigenvalue weighted by molar-refractivity contribution is 6.06. The first-order valence-corrected chi connectivity index (χ1v) is 8.63. The Bertz CT molecular complexity index is 874. The van der Waals surface area contributed by atoms with E-state index in [1.807, 2.05) is 12.1 Å². The maximum atomic E-state index is 6.07. The van der Waals surface area contributed by atoms with Crippen molar-refractivity contribution >= 4 is 21.9 Å². The van der Waals surface area contributed by atoms with Crippen LogP contribution < -0.4 is 9.47 Å². The van der Waals surface area contributed by atoms with Crippen molar-refractivity contribution in [1.29, 1.82) is 0 Å². The summed E-state index contributed by atoms with van der Waals surface area (Å²) in [6.45, 7) is 6.88. The molecule has 1 aromatic heterocycles. The van der Waals surface area contributed by atoms with Crippen LogP contribution in [0.2, 0.25) is 0 Å². The van der Waals surface area contributed by atoms with E-state index in [4.69, 9.17) is 23.4 Å². The van der Waals surface area contributed by atoms with Crippen molar-refractivity contribution in [3.05, 3.63) is 35.4 Å². The molecule has 0 bridgehead atoms. The molecule has 2 aliphatic heterocycles. The lowest BCUT2D eigenvalue weighted by Gasteiger charge is -2.08. The van der Waals surface area contributed by atoms with Gasteiger partial charge in [-0.1, -0.05) is 0 Å². The zero-order valence-corrected chi connectivity index (χ0v) is 14.3. The van der Waals surface area contributed by atoms with E-state index in [1.54, 1.807) is 0 Å². The first-order chi connectivity index (χ1) is 12.2. The van der Waals surface area contributed by atoms with Gasteiger partial charge in [0.05, 0.1) is 13.2 Å². The SMILES string of the molecule is Cc1cc2c(cc1OCC1CO1)oc1cc(OCC3CO3)c(C)cc12. The van der Waals surface area contributed by atoms with Crippen LogP contribution in [0.4, 0.5) is 0 Å². The minimum absolute atomic E-state index is 0.239. The van der Waals surface area contributed by atoms with Gasteiger partial charge in [-0.3, -0.25) is 0 Å². The summed E-state index contributed by atoms with van der Waals surface area (Å²) in [4.78, 5) is 0. The summed E-state index contributed by atoms with van der Waals surface area (Å²) in [5.74, 6) is 1.70. The van der Waals surface area contributed by atoms with Crippen molar-refractivity contribution in [2.75, 3.05) is 26.4 Å². The molecule has 3 aromatic rings. The van der Waals surface area contributed by atoms with Crippen LogP contribution in [0.15, 0.2) is 28.7 Å². The molecule has 0 spiro atoms. The number of fused-ring (bicyclic) bond motifs is 3. The third-order valence-electron chi connectivity index (χ3n) is 4.72. The third kappa shape index (κ3) is 2.94. The molecule has 2 unspecified atom stereocenters. The number of hydrogen-bond acceptors (Lipinski definition) is 5. The fraction of sp³-hybridized carbons (Fsp3) is 0.400. The quantitative estimate of drug-likeness (QED) is 0.640. The van der Waals surface area contributed by atoms with E-state index < -0.39 is 0 Å². The molecule has 0 aliphatic carbocycles. The van der Waals surface area contributed by atoms with Crippen molar-refractivity contribution in [2.45, 2.75) is 26.1 Å². The van der Waals surface area contributed by atoms with Crippen LogP contribution >= 0.6 is 0 Å². The maximum Gasteiger partial charge on any atom is 0.139 e. The molecule has 2 saturated heterocycles. The highest BCUT2D eigenvalue weighted by atomic mass is 16.6. The average molecular weight is 340 g/mol. The predicted molar refractivity (Wildman–Crippen MR) is 93.7 cm³/mol. The normalized spacial score (nSPS) is 21.7. The van der Waals surface area contributed by atoms with E-state index in [0.717, 1.165) is 57.8 Å². The summed E-state index contributed by atoms with van der Waals surface area (Å²) in [6, 6.07) is 8.20. The van der Waals surface area contributed by atoms with E-state index >= 15 is 0 Å². The summed E-state index contributed by atoms with van der Waals surface area (Å²) in [5.41, 5.74) is 3.85. The second kappa shape index (κ2) is 5.64. The minimum Gasteiger partial charge on any atom is -0.490 e. The third-order valence-corrected chi connectivity index (χ3v) is 4.72. The lowest BCUT2D eigenvalue weighted by molar-refractivity contribution is 0.261. The Hall–Kier alpha value is -2.24. The van der Waals surface area contributed by atoms with Crippen LogP contribution in [0.3, 0.4) is 0 Å². The number of aryl methyl sites for hydroxylation is 2. The van der Waals surface area contributed by atoms with Gasteiger partial charge in [-0.25, -0.2) is 0 Å². The van der Waals surface area contributed by atoms with Crippen molar-refractivity contribution in [3.63, 3.8) is 0 Å². The van der Waals surface area contributed by atoms with Gasteiger partial charge >= 0.3 is 0 Å². The zero-order chi connectivity index (χ0) is 17.0. The Morgan fingerprint density at radius 3 is 1.64 bits per heavy atom. The molecule has 25 heavy (non-hydrogen) atoms. The monoisotopic (exact) mass is 340 g/mol. The number of benzene rings is 2. The van der Waals surface area contributed by atoms with Crippen LogP contribution in [0.5, 0.6) is 11.5 Å². The number of rotatable bonds is 6. The molecule has 2 aromatic carbocycles. The number of hydrogen-bond donors (Lipinski definition) is 0. The molecule has 5 heteroatoms. The van der Waals surface area contributed by atoms with Gasteiger partial charge in [0, 0.05) is 22.9 Å². The highest BCUT2D eigenvalue weighted by Gasteiger charge is 2.24. The largest absolute Gasteiger partial charge is 0.490 e. The Morgan fingerprint density at radius 1 is 0.800 bits per heavy atom. The summed E-state index contributed by atoms with van der Waals surface area (Å²) in [6.07, 6.45) is 0.479. The summed E-state index contributed by atoms with van der Waals surface area (Å²) in [7, 11) is 0. The molecule has 3 heterocycles. The summed E-state index contributed by atoms with van der Waals surface area (Å²) in [5, 5.41) is 2.20. The Kier molecular flexibility index (Phi) is 3.40. The fourth-order valence-corrected chi connectivity index (χ4v) is 3.05. The molecule has 0 radical (unpaired) electrons. The van der Waals surface area contributed by atoms with Crippen molar-refractivity contribution in [3.8, 4) is 11.5 Å². The highest BCUT2D eigenvalue weighted by Crippen LogP contribution is 2.37. The van der Waals surface area contributed by atoms with Gasteiger partial charge in [0.15, 0.2) is 0 Å². The molecule has 130 valence electrons. The second-order valence-electron chi connectivity index (χ2n) is 6.86. The smallest absolute Gasteiger partial charge is 0.139 e. The Balaban J connectivity index is 1.51. The van der Waals surface area contributed by atoms with Crippen LogP contribution in [-0.4, -0.2) is 38.6 Å². The fourth-order valence-electron chi connectivity index (χ4n) is 3.05. The number of ether oxygens (including phenoxy) is 4. The van der Waals surface area contributed by atoms with Gasteiger partial charge < -0.3 is 23.4 Å². The first-order valence-electron chi connectivity index (χ1n) is 8.63. The molecule has 2 atom stereocenters. The lowest BCUT2D eigenvalue weighted by atomic mass is 10.1. The maximum absolute atomic E-state index is 6.07. The van der Waals surface area contributed by atoms with E-state index in [2.05, 4.69) is 26.0 Å². The average Bonchev–Trinajstić information content (AvgIpc) is 3.50. The number of epoxide rings is 2. The van der Waals surface area contributed by atoms with Gasteiger partial charge in [-0.15, -0.1) is 0 Å². The Labute approximate surface area is 145 Å². The molecule has 0 saturated carbocycles. The standard InChI is InChI=1S/C20H20O5/c1-11-3-15-16-4-12(2)18(24-10-14-8-22-14)6-20(16)25-19(15)5-17(11)23-9-13-7-21-13/h3-6,13-14H,7-10H2,1-2H3. The number of furan rings is 1. The van der Waals surface area contributed by atoms with Crippen LogP contribution in [-0.2, 0) is 9.47 Å². The molecule has 0 N–H and O–H groups in total. The van der Waals surface area contributed by atoms with Crippen LogP contribution in [0.1, 0.15) is 11.1 Å². The van der Waals surface area contributed by atoms with E-state index in [1.165, 1.54) is 0 Å². The van der Waals surface area contributed by atoms with E-state index in [9.17, 15) is 0 Å². The zero-order valence-electron chi connectivity index (χ0n) is 14.3. The van der Waals surface area contributed by atoms with Crippen LogP contribution in [0.25, 0.3) is 21.9 Å². The minimum atomic E-state index is 0.239. The molecule has 5 rings (SSSR count). The molecule has 0 amide bonds. The first kappa shape index (κ1) is 15.0. The van der Waals surface area contributed by atoms with Crippen molar-refractivity contribution < 1.29 is 23.4 Å². The van der Waals surface area contributed by atoms with Crippen molar-refractivity contribution in [1.82, 2.24) is 0 Å². The predicted octanol–water partition coefficient (Wildman–Crippen LogP) is 3.76. The molecule has 5 nitrogen and oxygen atoms in total. The molecule has 2 fully saturated rings. The molecular formula is C20H20O5. The van der Waals surface area contributed by atoms with Gasteiger partial charge in [-0.05, 0) is 37.1 Å². The lowest BCUT2D eigenvalue weighted by Crippen LogP contribution is -2.05. The Morgan fingerprint density at radius 2 is 1.24 bits per heavy atom. The topological polar surface area (TPSA) is 56.7 Å². The van der Waals surface area contributed by atoms with Gasteiger partial charge in [0.1, 0.15) is 48.1 Å².